The first-order valence-electron chi connectivity index (χ1n) is 16.8. The average molecular weight is 729 g/mol. The van der Waals surface area contributed by atoms with Crippen LogP contribution >= 0.6 is 0 Å². The summed E-state index contributed by atoms with van der Waals surface area (Å²) in [6.45, 7) is 8.10. The molecule has 12 nitrogen and oxygen atoms in total. The van der Waals surface area contributed by atoms with Crippen LogP contribution in [0.2, 0.25) is 0 Å². The fourth-order valence-electron chi connectivity index (χ4n) is 5.46. The van der Waals surface area contributed by atoms with Crippen LogP contribution in [0.5, 0.6) is 0 Å². The molecule has 0 fully saturated rings. The van der Waals surface area contributed by atoms with Crippen LogP contribution < -0.4 is 0 Å². The van der Waals surface area contributed by atoms with Crippen LogP contribution in [0.1, 0.15) is 121 Å². The molecule has 4 aliphatic rings. The van der Waals surface area contributed by atoms with Crippen molar-refractivity contribution < 1.29 is 57.3 Å². The molecule has 5 aromatic carbocycles. The van der Waals surface area contributed by atoms with Crippen molar-refractivity contribution in [1.82, 2.24) is 0 Å². The second kappa shape index (κ2) is 16.5. The molecule has 0 N–H and O–H groups in total. The van der Waals surface area contributed by atoms with Crippen LogP contribution in [-0.2, 0) is 25.4 Å². The molecule has 0 bridgehead atoms. The SMILES string of the molecule is CCC.CCc1ccc2c(c1)C(=O)OC2=O.Cc1ccc2c(c1)C(=O)OC2=O.O=C1OC(=O)c2cccc3cccc1c23.O=C1OC(=O)c2ccccc21. The van der Waals surface area contributed by atoms with Gasteiger partial charge < -0.3 is 18.9 Å². The van der Waals surface area contributed by atoms with Crippen LogP contribution in [0, 0.1) is 6.92 Å². The predicted molar refractivity (Wildman–Crippen MR) is 192 cm³/mol. The zero-order chi connectivity index (χ0) is 39.1. The quantitative estimate of drug-likeness (QED) is 0.0950. The number of carbonyl (C=O) groups is 8. The summed E-state index contributed by atoms with van der Waals surface area (Å²) in [5, 5.41) is 1.58. The second-order valence-electron chi connectivity index (χ2n) is 12.0. The molecule has 272 valence electrons. The van der Waals surface area contributed by atoms with Gasteiger partial charge in [-0.05, 0) is 72.8 Å². The number of hydrogen-bond acceptors (Lipinski definition) is 12. The summed E-state index contributed by atoms with van der Waals surface area (Å²) in [5.74, 6) is -4.39. The van der Waals surface area contributed by atoms with Gasteiger partial charge in [-0.2, -0.15) is 0 Å². The van der Waals surface area contributed by atoms with Gasteiger partial charge >= 0.3 is 47.8 Å². The molecule has 0 spiro atoms. The summed E-state index contributed by atoms with van der Waals surface area (Å²) in [6, 6.07) is 27.4. The van der Waals surface area contributed by atoms with E-state index < -0.39 is 47.8 Å². The van der Waals surface area contributed by atoms with E-state index in [9.17, 15) is 38.4 Å². The number of hydrogen-bond donors (Lipinski definition) is 0. The van der Waals surface area contributed by atoms with Crippen molar-refractivity contribution in [3.8, 4) is 0 Å². The molecule has 4 heterocycles. The van der Waals surface area contributed by atoms with Crippen molar-refractivity contribution in [3.05, 3.63) is 153 Å². The van der Waals surface area contributed by atoms with Crippen molar-refractivity contribution in [1.29, 1.82) is 0 Å². The zero-order valence-corrected chi connectivity index (χ0v) is 29.6. The number of carbonyl (C=O) groups excluding carboxylic acids is 8. The molecule has 0 atom stereocenters. The largest absolute Gasteiger partial charge is 0.386 e. The molecule has 0 unspecified atom stereocenters. The third-order valence-electron chi connectivity index (χ3n) is 8.00. The van der Waals surface area contributed by atoms with Crippen molar-refractivity contribution in [2.75, 3.05) is 0 Å². The van der Waals surface area contributed by atoms with Gasteiger partial charge in [0.15, 0.2) is 0 Å². The van der Waals surface area contributed by atoms with E-state index in [0.717, 1.165) is 22.9 Å². The summed E-state index contributed by atoms with van der Waals surface area (Å²) in [7, 11) is 0. The highest BCUT2D eigenvalue weighted by molar-refractivity contribution is 6.21. The van der Waals surface area contributed by atoms with Crippen molar-refractivity contribution in [3.63, 3.8) is 0 Å². The lowest BCUT2D eigenvalue weighted by molar-refractivity contribution is 0.0381. The zero-order valence-electron chi connectivity index (χ0n) is 29.6. The number of rotatable bonds is 1. The monoisotopic (exact) mass is 728 g/mol. The maximum atomic E-state index is 11.4. The Morgan fingerprint density at radius 3 is 1.19 bits per heavy atom. The van der Waals surface area contributed by atoms with E-state index in [0.29, 0.717) is 49.9 Å². The maximum absolute atomic E-state index is 11.4. The normalized spacial score (nSPS) is 13.9. The molecule has 0 aliphatic carbocycles. The Morgan fingerprint density at radius 1 is 0.389 bits per heavy atom. The van der Waals surface area contributed by atoms with E-state index in [-0.39, 0.29) is 0 Å². The molecule has 0 aromatic heterocycles. The fraction of sp³-hybridized carbons (Fsp3) is 0.143. The first kappa shape index (κ1) is 38.2. The highest BCUT2D eigenvalue weighted by atomic mass is 16.6. The standard InChI is InChI=1S/C12H6O3.C10H8O3.C9H6O3.C8H4O3.C3H8/c13-11-8-5-1-3-7-4-2-6-9(10(7)8)12(14)15-11;1-2-6-3-4-7-8(5-6)10(12)13-9(7)11;1-5-2-3-6-7(4-5)9(11)12-8(6)10;9-7-5-3-1-2-4-6(5)8(10)11-7;1-3-2/h1-6H;3-5H,2H2,1H3;2-4H,1H3;1-4H;3H2,1-2H3. The van der Waals surface area contributed by atoms with Gasteiger partial charge in [0, 0.05) is 5.39 Å². The van der Waals surface area contributed by atoms with E-state index in [2.05, 4.69) is 32.8 Å². The van der Waals surface area contributed by atoms with E-state index in [4.69, 9.17) is 0 Å². The Balaban J connectivity index is 0.000000136. The van der Waals surface area contributed by atoms with Crippen LogP contribution in [0.25, 0.3) is 10.8 Å². The van der Waals surface area contributed by atoms with E-state index >= 15 is 0 Å². The van der Waals surface area contributed by atoms with Crippen LogP contribution in [-0.4, -0.2) is 47.8 Å². The highest BCUT2D eigenvalue weighted by Gasteiger charge is 2.31. The molecule has 0 amide bonds. The van der Waals surface area contributed by atoms with Gasteiger partial charge in [-0.25, -0.2) is 38.4 Å². The van der Waals surface area contributed by atoms with E-state index in [1.807, 2.05) is 32.0 Å². The fourth-order valence-corrected chi connectivity index (χ4v) is 5.46. The average Bonchev–Trinajstić information content (AvgIpc) is 3.74. The van der Waals surface area contributed by atoms with E-state index in [1.165, 1.54) is 6.42 Å². The Morgan fingerprint density at radius 2 is 0.741 bits per heavy atom. The molecule has 9 rings (SSSR count). The van der Waals surface area contributed by atoms with Gasteiger partial charge in [0.2, 0.25) is 0 Å². The third-order valence-corrected chi connectivity index (χ3v) is 8.00. The number of ether oxygens (including phenoxy) is 4. The van der Waals surface area contributed by atoms with Crippen LogP contribution in [0.3, 0.4) is 0 Å². The molecule has 0 radical (unpaired) electrons. The van der Waals surface area contributed by atoms with Crippen molar-refractivity contribution in [2.24, 2.45) is 0 Å². The molecule has 5 aromatic rings. The summed E-state index contributed by atoms with van der Waals surface area (Å²) in [4.78, 5) is 88.6. The Bertz CT molecular complexity index is 2310. The van der Waals surface area contributed by atoms with Gasteiger partial charge in [0.1, 0.15) is 0 Å². The Labute approximate surface area is 308 Å². The van der Waals surface area contributed by atoms with Gasteiger partial charge in [0.25, 0.3) is 0 Å². The highest BCUT2D eigenvalue weighted by Crippen LogP contribution is 2.28. The minimum absolute atomic E-state index is 0.359. The molecule has 4 aliphatic heterocycles. The van der Waals surface area contributed by atoms with Crippen molar-refractivity contribution in [2.45, 2.75) is 40.5 Å². The number of fused-ring (bicyclic) bond motifs is 3. The topological polar surface area (TPSA) is 173 Å². The number of aryl methyl sites for hydroxylation is 2. The van der Waals surface area contributed by atoms with Crippen LogP contribution in [0.4, 0.5) is 0 Å². The molecule has 0 saturated carbocycles. The number of benzene rings is 5. The minimum atomic E-state index is -0.565. The molecule has 12 heteroatoms. The summed E-state index contributed by atoms with van der Waals surface area (Å²) < 4.78 is 17.8. The summed E-state index contributed by atoms with van der Waals surface area (Å²) in [6.07, 6.45) is 2.09. The van der Waals surface area contributed by atoms with Gasteiger partial charge in [-0.1, -0.05) is 81.3 Å². The molecule has 0 saturated heterocycles. The maximum Gasteiger partial charge on any atom is 0.346 e. The first-order chi connectivity index (χ1) is 25.9. The second-order valence-corrected chi connectivity index (χ2v) is 12.0. The molecular weight excluding hydrogens is 696 g/mol. The number of esters is 8. The van der Waals surface area contributed by atoms with Gasteiger partial charge in [0.05, 0.1) is 44.5 Å². The lowest BCUT2D eigenvalue weighted by Crippen LogP contribution is -2.19. The summed E-state index contributed by atoms with van der Waals surface area (Å²) >= 11 is 0. The van der Waals surface area contributed by atoms with Crippen LogP contribution in [0.15, 0.2) is 97.1 Å². The smallest absolute Gasteiger partial charge is 0.346 e. The third kappa shape index (κ3) is 8.02. The Kier molecular flexibility index (Phi) is 11.7. The lowest BCUT2D eigenvalue weighted by Gasteiger charge is -2.14. The predicted octanol–water partition coefficient (Wildman–Crippen LogP) is 7.43. The van der Waals surface area contributed by atoms with Gasteiger partial charge in [-0.15, -0.1) is 0 Å². The van der Waals surface area contributed by atoms with Gasteiger partial charge in [-0.3, -0.25) is 0 Å². The number of cyclic esters (lactones) is 8. The first-order valence-corrected chi connectivity index (χ1v) is 16.8. The summed E-state index contributed by atoms with van der Waals surface area (Å²) in [5.41, 5.74) is 5.13. The molecular formula is C42H32O12. The van der Waals surface area contributed by atoms with Crippen molar-refractivity contribution >= 4 is 58.5 Å². The molecule has 54 heavy (non-hydrogen) atoms. The van der Waals surface area contributed by atoms with E-state index in [1.54, 1.807) is 78.9 Å². The minimum Gasteiger partial charge on any atom is -0.386 e. The lowest BCUT2D eigenvalue weighted by atomic mass is 9.97. The Hall–Kier alpha value is -7.08.